The number of carbonyl (C=O) groups excluding carboxylic acids is 2. The number of hydrogen-bond donors (Lipinski definition) is 0. The molecule has 3 rings (SSSR count). The molecule has 0 aliphatic carbocycles. The minimum atomic E-state index is -0.182. The van der Waals surface area contributed by atoms with Gasteiger partial charge in [-0.25, -0.2) is 0 Å². The van der Waals surface area contributed by atoms with Crippen molar-refractivity contribution in [3.63, 3.8) is 0 Å². The van der Waals surface area contributed by atoms with Gasteiger partial charge in [0.15, 0.2) is 0 Å². The van der Waals surface area contributed by atoms with Crippen LogP contribution in [0.2, 0.25) is 0 Å². The molecule has 2 heterocycles. The predicted octanol–water partition coefficient (Wildman–Crippen LogP) is 3.02. The Morgan fingerprint density at radius 3 is 2.50 bits per heavy atom. The molecule has 0 spiro atoms. The summed E-state index contributed by atoms with van der Waals surface area (Å²) in [5, 5.41) is 0. The summed E-state index contributed by atoms with van der Waals surface area (Å²) in [4.78, 5) is 29.1. The highest BCUT2D eigenvalue weighted by Gasteiger charge is 2.32. The number of piperidine rings is 1. The number of ether oxygens (including phenoxy) is 2. The zero-order valence-electron chi connectivity index (χ0n) is 17.1. The Labute approximate surface area is 167 Å². The number of likely N-dealkylation sites (tertiary alicyclic amines) is 2. The average Bonchev–Trinajstić information content (AvgIpc) is 3.17. The first kappa shape index (κ1) is 20.6. The maximum Gasteiger partial charge on any atom is 0.310 e. The molecule has 154 valence electrons. The third-order valence-corrected chi connectivity index (χ3v) is 5.67. The van der Waals surface area contributed by atoms with Crippen LogP contribution in [-0.4, -0.2) is 61.1 Å². The molecular weight excluding hydrogens is 356 g/mol. The third kappa shape index (κ3) is 5.04. The Balaban J connectivity index is 1.58. The SMILES string of the molecule is CCOC(=O)C1CCCN(C(=O)CN2CCCC2c2ccc(OCC)cc2)C1. The van der Waals surface area contributed by atoms with Gasteiger partial charge in [0.2, 0.25) is 5.91 Å². The van der Waals surface area contributed by atoms with Crippen LogP contribution >= 0.6 is 0 Å². The fraction of sp³-hybridized carbons (Fsp3) is 0.636. The second-order valence-corrected chi connectivity index (χ2v) is 7.56. The van der Waals surface area contributed by atoms with Crippen molar-refractivity contribution in [3.05, 3.63) is 29.8 Å². The first-order chi connectivity index (χ1) is 13.6. The fourth-order valence-electron chi connectivity index (χ4n) is 4.28. The lowest BCUT2D eigenvalue weighted by molar-refractivity contribution is -0.151. The van der Waals surface area contributed by atoms with Gasteiger partial charge in [-0.3, -0.25) is 14.5 Å². The molecule has 2 unspecified atom stereocenters. The Morgan fingerprint density at radius 1 is 1.04 bits per heavy atom. The molecule has 1 aromatic rings. The molecule has 0 bridgehead atoms. The predicted molar refractivity (Wildman–Crippen MR) is 107 cm³/mol. The van der Waals surface area contributed by atoms with Gasteiger partial charge in [0.05, 0.1) is 25.7 Å². The highest BCUT2D eigenvalue weighted by Crippen LogP contribution is 2.32. The van der Waals surface area contributed by atoms with E-state index in [1.54, 1.807) is 0 Å². The van der Waals surface area contributed by atoms with E-state index in [9.17, 15) is 9.59 Å². The number of rotatable bonds is 7. The van der Waals surface area contributed by atoms with Gasteiger partial charge < -0.3 is 14.4 Å². The van der Waals surface area contributed by atoms with Crippen LogP contribution in [0.25, 0.3) is 0 Å². The Hall–Kier alpha value is -2.08. The van der Waals surface area contributed by atoms with Gasteiger partial charge in [-0.15, -0.1) is 0 Å². The summed E-state index contributed by atoms with van der Waals surface area (Å²) in [5.74, 6) is 0.642. The van der Waals surface area contributed by atoms with Gasteiger partial charge in [-0.1, -0.05) is 12.1 Å². The van der Waals surface area contributed by atoms with E-state index in [0.717, 1.165) is 44.5 Å². The van der Waals surface area contributed by atoms with Crippen LogP contribution in [0, 0.1) is 5.92 Å². The van der Waals surface area contributed by atoms with Crippen LogP contribution in [-0.2, 0) is 14.3 Å². The van der Waals surface area contributed by atoms with E-state index >= 15 is 0 Å². The van der Waals surface area contributed by atoms with Crippen molar-refractivity contribution < 1.29 is 19.1 Å². The number of esters is 1. The standard InChI is InChI=1S/C22H32N2O4/c1-3-27-19-11-9-17(10-12-19)20-8-6-13-23(20)16-21(25)24-14-5-7-18(15-24)22(26)28-4-2/h9-12,18,20H,3-8,13-16H2,1-2H3. The van der Waals surface area contributed by atoms with E-state index in [1.165, 1.54) is 5.56 Å². The molecular formula is C22H32N2O4. The molecule has 0 aromatic heterocycles. The van der Waals surface area contributed by atoms with E-state index in [4.69, 9.17) is 9.47 Å². The Kier molecular flexibility index (Phi) is 7.31. The van der Waals surface area contributed by atoms with Crippen LogP contribution in [0.3, 0.4) is 0 Å². The van der Waals surface area contributed by atoms with Gasteiger partial charge >= 0.3 is 5.97 Å². The summed E-state index contributed by atoms with van der Waals surface area (Å²) in [6.07, 6.45) is 3.82. The lowest BCUT2D eigenvalue weighted by atomic mass is 9.98. The summed E-state index contributed by atoms with van der Waals surface area (Å²) in [6, 6.07) is 8.49. The number of hydrogen-bond acceptors (Lipinski definition) is 5. The topological polar surface area (TPSA) is 59.1 Å². The van der Waals surface area contributed by atoms with Crippen LogP contribution < -0.4 is 4.74 Å². The molecule has 6 heteroatoms. The minimum Gasteiger partial charge on any atom is -0.494 e. The zero-order chi connectivity index (χ0) is 19.9. The third-order valence-electron chi connectivity index (χ3n) is 5.67. The van der Waals surface area contributed by atoms with Crippen molar-refractivity contribution in [2.45, 2.75) is 45.6 Å². The summed E-state index contributed by atoms with van der Waals surface area (Å²) in [5.41, 5.74) is 1.23. The highest BCUT2D eigenvalue weighted by molar-refractivity contribution is 5.80. The van der Waals surface area contributed by atoms with Crippen molar-refractivity contribution >= 4 is 11.9 Å². The van der Waals surface area contributed by atoms with E-state index in [0.29, 0.717) is 26.3 Å². The molecule has 1 amide bonds. The lowest BCUT2D eigenvalue weighted by Gasteiger charge is -2.33. The first-order valence-electron chi connectivity index (χ1n) is 10.5. The van der Waals surface area contributed by atoms with Gasteiger partial charge in [-0.05, 0) is 63.8 Å². The molecule has 2 aliphatic heterocycles. The number of amides is 1. The van der Waals surface area contributed by atoms with Gasteiger partial charge in [0.1, 0.15) is 5.75 Å². The maximum absolute atomic E-state index is 12.9. The summed E-state index contributed by atoms with van der Waals surface area (Å²) < 4.78 is 10.7. The quantitative estimate of drug-likeness (QED) is 0.672. The van der Waals surface area contributed by atoms with Gasteiger partial charge in [-0.2, -0.15) is 0 Å². The molecule has 28 heavy (non-hydrogen) atoms. The largest absolute Gasteiger partial charge is 0.494 e. The van der Waals surface area contributed by atoms with E-state index in [-0.39, 0.29) is 23.8 Å². The Bertz CT molecular complexity index is 661. The molecule has 0 N–H and O–H groups in total. The number of benzene rings is 1. The van der Waals surface area contributed by atoms with Gasteiger partial charge in [0, 0.05) is 19.1 Å². The molecule has 6 nitrogen and oxygen atoms in total. The van der Waals surface area contributed by atoms with Crippen LogP contribution in [0.5, 0.6) is 5.75 Å². The Morgan fingerprint density at radius 2 is 1.79 bits per heavy atom. The normalized spacial score (nSPS) is 22.9. The first-order valence-corrected chi connectivity index (χ1v) is 10.5. The van der Waals surface area contributed by atoms with Crippen molar-refractivity contribution in [2.24, 2.45) is 5.92 Å². The number of carbonyl (C=O) groups is 2. The molecule has 2 saturated heterocycles. The fourth-order valence-corrected chi connectivity index (χ4v) is 4.28. The minimum absolute atomic E-state index is 0.117. The second kappa shape index (κ2) is 9.92. The van der Waals surface area contributed by atoms with Crippen molar-refractivity contribution in [1.82, 2.24) is 9.80 Å². The monoisotopic (exact) mass is 388 g/mol. The van der Waals surface area contributed by atoms with Gasteiger partial charge in [0.25, 0.3) is 0 Å². The smallest absolute Gasteiger partial charge is 0.310 e. The molecule has 2 fully saturated rings. The summed E-state index contributed by atoms with van der Waals surface area (Å²) in [7, 11) is 0. The lowest BCUT2D eigenvalue weighted by Crippen LogP contribution is -2.46. The van der Waals surface area contributed by atoms with Crippen LogP contribution in [0.15, 0.2) is 24.3 Å². The summed E-state index contributed by atoms with van der Waals surface area (Å²) >= 11 is 0. The van der Waals surface area contributed by atoms with Crippen molar-refractivity contribution in [1.29, 1.82) is 0 Å². The highest BCUT2D eigenvalue weighted by atomic mass is 16.5. The molecule has 0 radical (unpaired) electrons. The molecule has 0 saturated carbocycles. The summed E-state index contributed by atoms with van der Waals surface area (Å²) in [6.45, 7) is 7.40. The van der Waals surface area contributed by atoms with E-state index < -0.39 is 0 Å². The van der Waals surface area contributed by atoms with Crippen molar-refractivity contribution in [2.75, 3.05) is 39.4 Å². The maximum atomic E-state index is 12.9. The van der Waals surface area contributed by atoms with Crippen LogP contribution in [0.1, 0.15) is 51.1 Å². The van der Waals surface area contributed by atoms with E-state index in [2.05, 4.69) is 17.0 Å². The zero-order valence-corrected chi connectivity index (χ0v) is 17.1. The molecule has 2 aliphatic rings. The average molecular weight is 389 g/mol. The van der Waals surface area contributed by atoms with Crippen LogP contribution in [0.4, 0.5) is 0 Å². The van der Waals surface area contributed by atoms with E-state index in [1.807, 2.05) is 30.9 Å². The van der Waals surface area contributed by atoms with Crippen molar-refractivity contribution in [3.8, 4) is 5.75 Å². The second-order valence-electron chi connectivity index (χ2n) is 7.56. The molecule has 2 atom stereocenters. The number of nitrogens with zero attached hydrogens (tertiary/aromatic N) is 2. The molecule has 1 aromatic carbocycles.